The SMILES string of the molecule is COC(=O)c1nnn(Cc2ccsc2)c1C1CCCN1. The van der Waals surface area contributed by atoms with E-state index >= 15 is 0 Å². The first-order valence-corrected chi connectivity index (χ1v) is 7.50. The van der Waals surface area contributed by atoms with Crippen molar-refractivity contribution in [2.45, 2.75) is 25.4 Å². The summed E-state index contributed by atoms with van der Waals surface area (Å²) < 4.78 is 6.61. The van der Waals surface area contributed by atoms with Crippen molar-refractivity contribution in [2.24, 2.45) is 0 Å². The van der Waals surface area contributed by atoms with E-state index in [1.807, 2.05) is 5.38 Å². The number of carbonyl (C=O) groups is 1. The van der Waals surface area contributed by atoms with Crippen LogP contribution in [0.1, 0.15) is 40.6 Å². The molecule has 0 amide bonds. The van der Waals surface area contributed by atoms with Gasteiger partial charge >= 0.3 is 5.97 Å². The van der Waals surface area contributed by atoms with Crippen LogP contribution in [0.2, 0.25) is 0 Å². The Morgan fingerprint density at radius 3 is 3.20 bits per heavy atom. The Labute approximate surface area is 120 Å². The number of hydrogen-bond acceptors (Lipinski definition) is 6. The average molecular weight is 292 g/mol. The molecule has 3 heterocycles. The molecule has 0 saturated carbocycles. The van der Waals surface area contributed by atoms with Gasteiger partial charge in [0.15, 0.2) is 5.69 Å². The topological polar surface area (TPSA) is 69.0 Å². The Bertz CT molecular complexity index is 588. The Morgan fingerprint density at radius 2 is 2.55 bits per heavy atom. The number of nitrogens with one attached hydrogen (secondary N) is 1. The van der Waals surface area contributed by atoms with E-state index in [4.69, 9.17) is 4.74 Å². The lowest BCUT2D eigenvalue weighted by Crippen LogP contribution is -2.21. The van der Waals surface area contributed by atoms with Crippen molar-refractivity contribution in [3.8, 4) is 0 Å². The molecule has 0 bridgehead atoms. The van der Waals surface area contributed by atoms with E-state index < -0.39 is 5.97 Å². The second kappa shape index (κ2) is 5.72. The summed E-state index contributed by atoms with van der Waals surface area (Å²) >= 11 is 1.65. The van der Waals surface area contributed by atoms with Gasteiger partial charge in [0, 0.05) is 0 Å². The maximum atomic E-state index is 11.8. The van der Waals surface area contributed by atoms with Crippen molar-refractivity contribution in [3.05, 3.63) is 33.8 Å². The number of nitrogens with zero attached hydrogens (tertiary/aromatic N) is 3. The van der Waals surface area contributed by atoms with E-state index in [1.165, 1.54) is 7.11 Å². The van der Waals surface area contributed by atoms with E-state index in [9.17, 15) is 4.79 Å². The Kier molecular flexibility index (Phi) is 3.79. The Balaban J connectivity index is 1.96. The standard InChI is InChI=1S/C13H16N4O2S/c1-19-13(18)11-12(10-3-2-5-14-10)17(16-15-11)7-9-4-6-20-8-9/h4,6,8,10,14H,2-3,5,7H2,1H3. The predicted octanol–water partition coefficient (Wildman–Crippen LogP) is 1.60. The summed E-state index contributed by atoms with van der Waals surface area (Å²) in [6.45, 7) is 1.58. The fourth-order valence-electron chi connectivity index (χ4n) is 2.50. The summed E-state index contributed by atoms with van der Waals surface area (Å²) in [5, 5.41) is 15.6. The maximum absolute atomic E-state index is 11.8. The highest BCUT2D eigenvalue weighted by atomic mass is 32.1. The molecule has 1 fully saturated rings. The third kappa shape index (κ3) is 2.46. The van der Waals surface area contributed by atoms with Gasteiger partial charge in [-0.1, -0.05) is 5.21 Å². The van der Waals surface area contributed by atoms with Crippen LogP contribution in [-0.2, 0) is 11.3 Å². The van der Waals surface area contributed by atoms with Crippen LogP contribution in [0.15, 0.2) is 16.8 Å². The molecule has 106 valence electrons. The molecule has 1 unspecified atom stereocenters. The van der Waals surface area contributed by atoms with Crippen LogP contribution in [0, 0.1) is 0 Å². The first-order valence-electron chi connectivity index (χ1n) is 6.55. The number of esters is 1. The van der Waals surface area contributed by atoms with Gasteiger partial charge in [-0.3, -0.25) is 0 Å². The molecule has 0 spiro atoms. The fourth-order valence-corrected chi connectivity index (χ4v) is 3.16. The molecular formula is C13H16N4O2S. The molecule has 2 aromatic rings. The second-order valence-electron chi connectivity index (χ2n) is 4.75. The summed E-state index contributed by atoms with van der Waals surface area (Å²) in [7, 11) is 1.37. The second-order valence-corrected chi connectivity index (χ2v) is 5.53. The van der Waals surface area contributed by atoms with Crippen molar-refractivity contribution in [3.63, 3.8) is 0 Å². The highest BCUT2D eigenvalue weighted by molar-refractivity contribution is 7.07. The first kappa shape index (κ1) is 13.3. The first-order chi connectivity index (χ1) is 9.79. The van der Waals surface area contributed by atoms with Crippen LogP contribution in [0.4, 0.5) is 0 Å². The monoisotopic (exact) mass is 292 g/mol. The summed E-state index contributed by atoms with van der Waals surface area (Å²) in [5.41, 5.74) is 2.32. The van der Waals surface area contributed by atoms with E-state index in [2.05, 4.69) is 27.1 Å². The van der Waals surface area contributed by atoms with Gasteiger partial charge in [-0.15, -0.1) is 5.10 Å². The highest BCUT2D eigenvalue weighted by Gasteiger charge is 2.29. The van der Waals surface area contributed by atoms with E-state index in [0.717, 1.165) is 30.6 Å². The van der Waals surface area contributed by atoms with Gasteiger partial charge < -0.3 is 10.1 Å². The van der Waals surface area contributed by atoms with Gasteiger partial charge in [0.05, 0.1) is 25.4 Å². The lowest BCUT2D eigenvalue weighted by Gasteiger charge is -2.13. The van der Waals surface area contributed by atoms with Crippen LogP contribution < -0.4 is 5.32 Å². The Hall–Kier alpha value is -1.73. The normalized spacial score (nSPS) is 18.4. The minimum atomic E-state index is -0.426. The van der Waals surface area contributed by atoms with Crippen LogP contribution in [0.25, 0.3) is 0 Å². The van der Waals surface area contributed by atoms with Crippen molar-refractivity contribution in [1.29, 1.82) is 0 Å². The third-order valence-corrected chi connectivity index (χ3v) is 4.19. The number of methoxy groups -OCH3 is 1. The largest absolute Gasteiger partial charge is 0.464 e. The minimum Gasteiger partial charge on any atom is -0.464 e. The number of thiophene rings is 1. The quantitative estimate of drug-likeness (QED) is 0.867. The summed E-state index contributed by atoms with van der Waals surface area (Å²) in [6.07, 6.45) is 2.08. The van der Waals surface area contributed by atoms with Gasteiger partial charge in [-0.25, -0.2) is 9.48 Å². The molecule has 1 atom stereocenters. The van der Waals surface area contributed by atoms with Crippen molar-refractivity contribution >= 4 is 17.3 Å². The summed E-state index contributed by atoms with van der Waals surface area (Å²) in [5.74, 6) is -0.426. The van der Waals surface area contributed by atoms with Crippen molar-refractivity contribution in [2.75, 3.05) is 13.7 Å². The van der Waals surface area contributed by atoms with Crippen LogP contribution in [0.3, 0.4) is 0 Å². The highest BCUT2D eigenvalue weighted by Crippen LogP contribution is 2.26. The van der Waals surface area contributed by atoms with E-state index in [-0.39, 0.29) is 6.04 Å². The van der Waals surface area contributed by atoms with Crippen LogP contribution in [-0.4, -0.2) is 34.6 Å². The Morgan fingerprint density at radius 1 is 1.65 bits per heavy atom. The molecule has 0 aliphatic carbocycles. The van der Waals surface area contributed by atoms with Gasteiger partial charge in [-0.2, -0.15) is 11.3 Å². The number of rotatable bonds is 4. The number of hydrogen-bond donors (Lipinski definition) is 1. The van der Waals surface area contributed by atoms with E-state index in [1.54, 1.807) is 16.0 Å². The zero-order valence-electron chi connectivity index (χ0n) is 11.2. The van der Waals surface area contributed by atoms with Crippen LogP contribution in [0.5, 0.6) is 0 Å². The molecule has 7 heteroatoms. The molecule has 0 aromatic carbocycles. The zero-order chi connectivity index (χ0) is 13.9. The summed E-state index contributed by atoms with van der Waals surface area (Å²) in [6, 6.07) is 2.17. The van der Waals surface area contributed by atoms with Crippen LogP contribution >= 0.6 is 11.3 Å². The molecule has 1 aliphatic heterocycles. The van der Waals surface area contributed by atoms with Gasteiger partial charge in [-0.05, 0) is 41.8 Å². The number of carbonyl (C=O) groups excluding carboxylic acids is 1. The molecule has 1 saturated heterocycles. The summed E-state index contributed by atoms with van der Waals surface area (Å²) in [4.78, 5) is 11.8. The smallest absolute Gasteiger partial charge is 0.360 e. The van der Waals surface area contributed by atoms with Crippen molar-refractivity contribution < 1.29 is 9.53 Å². The van der Waals surface area contributed by atoms with Crippen molar-refractivity contribution in [1.82, 2.24) is 20.3 Å². The number of aromatic nitrogens is 3. The van der Waals surface area contributed by atoms with E-state index in [0.29, 0.717) is 12.2 Å². The average Bonchev–Trinajstić information content (AvgIpc) is 3.19. The molecule has 2 aromatic heterocycles. The zero-order valence-corrected chi connectivity index (χ0v) is 12.0. The molecule has 1 aliphatic rings. The van der Waals surface area contributed by atoms with Gasteiger partial charge in [0.2, 0.25) is 0 Å². The van der Waals surface area contributed by atoms with Gasteiger partial charge in [0.25, 0.3) is 0 Å². The molecule has 20 heavy (non-hydrogen) atoms. The third-order valence-electron chi connectivity index (χ3n) is 3.45. The van der Waals surface area contributed by atoms with Gasteiger partial charge in [0.1, 0.15) is 0 Å². The lowest BCUT2D eigenvalue weighted by molar-refractivity contribution is 0.0591. The molecular weight excluding hydrogens is 276 g/mol. The lowest BCUT2D eigenvalue weighted by atomic mass is 10.1. The fraction of sp³-hybridized carbons (Fsp3) is 0.462. The maximum Gasteiger partial charge on any atom is 0.360 e. The molecule has 1 N–H and O–H groups in total. The number of ether oxygens (including phenoxy) is 1. The predicted molar refractivity (Wildman–Crippen MR) is 74.8 cm³/mol. The molecule has 6 nitrogen and oxygen atoms in total. The minimum absolute atomic E-state index is 0.123. The molecule has 0 radical (unpaired) electrons. The molecule has 3 rings (SSSR count).